The first-order valence-electron chi connectivity index (χ1n) is 7.14. The number of benzene rings is 2. The molecule has 0 spiro atoms. The van der Waals surface area contributed by atoms with Crippen molar-refractivity contribution in [2.45, 2.75) is 11.9 Å². The summed E-state index contributed by atoms with van der Waals surface area (Å²) >= 11 is 10.5. The van der Waals surface area contributed by atoms with Crippen molar-refractivity contribution in [3.8, 4) is 5.75 Å². The molecule has 2 aromatic rings. The Morgan fingerprint density at radius 3 is 2.52 bits per heavy atom. The lowest BCUT2D eigenvalue weighted by molar-refractivity contribution is -0.159. The predicted octanol–water partition coefficient (Wildman–Crippen LogP) is 5.25. The van der Waals surface area contributed by atoms with Gasteiger partial charge in [-0.2, -0.15) is 0 Å². The molecule has 1 aliphatic rings. The van der Waals surface area contributed by atoms with E-state index in [-0.39, 0.29) is 6.10 Å². The van der Waals surface area contributed by atoms with Crippen LogP contribution in [0, 0.1) is 0 Å². The molecule has 0 radical (unpaired) electrons. The predicted molar refractivity (Wildman–Crippen MR) is 100 cm³/mol. The Balaban J connectivity index is 1.67. The minimum atomic E-state index is -0.784. The molecule has 2 atom stereocenters. The Morgan fingerprint density at radius 1 is 1.09 bits per heavy atom. The smallest absolute Gasteiger partial charge is 0.206 e. The lowest BCUT2D eigenvalue weighted by atomic mass is 10.1. The largest absolute Gasteiger partial charge is 0.491 e. The molecule has 6 heteroatoms. The summed E-state index contributed by atoms with van der Waals surface area (Å²) in [5.74, 6) is 0.0300. The Hall–Kier alpha value is -0.400. The second kappa shape index (κ2) is 7.66. The first-order chi connectivity index (χ1) is 11.1. The molecule has 0 N–H and O–H groups in total. The topological polar surface area (TPSA) is 27.7 Å². The lowest BCUT2D eigenvalue weighted by Crippen LogP contribution is -2.31. The molecular weight excluding hydrogens is 492 g/mol. The summed E-state index contributed by atoms with van der Waals surface area (Å²) in [4.78, 5) is 0. The molecule has 3 rings (SSSR count). The summed E-state index contributed by atoms with van der Waals surface area (Å²) in [5, 5.41) is 0.553. The molecule has 0 amide bonds. The van der Waals surface area contributed by atoms with Gasteiger partial charge in [0.25, 0.3) is 0 Å². The van der Waals surface area contributed by atoms with Crippen LogP contribution in [0.25, 0.3) is 0 Å². The number of halogens is 3. The van der Waals surface area contributed by atoms with E-state index in [4.69, 9.17) is 14.2 Å². The average molecular weight is 507 g/mol. The SMILES string of the molecule is BrCC1(c2ccccc2Br)OCC(COc2ccc(Br)cc2)O1. The third-order valence-corrected chi connectivity index (χ3v) is 5.53. The Bertz CT molecular complexity index is 662. The molecule has 2 aromatic carbocycles. The standard InChI is InChI=1S/C17H15Br3O3/c18-11-17(15-3-1-2-4-16(15)20)22-10-14(23-17)9-21-13-7-5-12(19)6-8-13/h1-8,14H,9-11H2. The quantitative estimate of drug-likeness (QED) is 0.518. The first kappa shape index (κ1) is 17.4. The maximum absolute atomic E-state index is 6.18. The van der Waals surface area contributed by atoms with Crippen LogP contribution in [-0.4, -0.2) is 24.6 Å². The number of hydrogen-bond acceptors (Lipinski definition) is 3. The van der Waals surface area contributed by atoms with E-state index in [1.165, 1.54) is 0 Å². The van der Waals surface area contributed by atoms with Gasteiger partial charge in [0.15, 0.2) is 0 Å². The van der Waals surface area contributed by atoms with Crippen LogP contribution in [-0.2, 0) is 15.3 Å². The zero-order valence-electron chi connectivity index (χ0n) is 12.2. The summed E-state index contributed by atoms with van der Waals surface area (Å²) in [5.41, 5.74) is 0.975. The lowest BCUT2D eigenvalue weighted by Gasteiger charge is -2.27. The summed E-state index contributed by atoms with van der Waals surface area (Å²) in [7, 11) is 0. The van der Waals surface area contributed by atoms with E-state index in [1.54, 1.807) is 0 Å². The summed E-state index contributed by atoms with van der Waals surface area (Å²) < 4.78 is 20.0. The molecule has 1 saturated heterocycles. The zero-order valence-corrected chi connectivity index (χ0v) is 16.9. The van der Waals surface area contributed by atoms with Crippen molar-refractivity contribution in [3.05, 3.63) is 63.0 Å². The van der Waals surface area contributed by atoms with Crippen molar-refractivity contribution in [3.63, 3.8) is 0 Å². The second-order valence-corrected chi connectivity index (χ2v) is 7.51. The van der Waals surface area contributed by atoms with E-state index in [1.807, 2.05) is 48.5 Å². The molecule has 2 unspecified atom stereocenters. The van der Waals surface area contributed by atoms with Gasteiger partial charge in [0.05, 0.1) is 11.9 Å². The van der Waals surface area contributed by atoms with Gasteiger partial charge in [-0.1, -0.05) is 66.0 Å². The summed E-state index contributed by atoms with van der Waals surface area (Å²) in [6.07, 6.45) is -0.122. The van der Waals surface area contributed by atoms with Crippen molar-refractivity contribution in [1.29, 1.82) is 0 Å². The molecule has 0 saturated carbocycles. The normalized spacial score (nSPS) is 23.9. The van der Waals surface area contributed by atoms with Gasteiger partial charge in [-0.05, 0) is 30.3 Å². The molecule has 0 bridgehead atoms. The van der Waals surface area contributed by atoms with Crippen LogP contribution in [0.4, 0.5) is 0 Å². The second-order valence-electron chi connectivity index (χ2n) is 5.18. The highest BCUT2D eigenvalue weighted by atomic mass is 79.9. The average Bonchev–Trinajstić information content (AvgIpc) is 2.99. The van der Waals surface area contributed by atoms with E-state index < -0.39 is 5.79 Å². The van der Waals surface area contributed by atoms with Crippen LogP contribution >= 0.6 is 47.8 Å². The summed E-state index contributed by atoms with van der Waals surface area (Å²) in [6, 6.07) is 15.7. The van der Waals surface area contributed by atoms with E-state index in [2.05, 4.69) is 47.8 Å². The van der Waals surface area contributed by atoms with Crippen molar-refractivity contribution in [2.24, 2.45) is 0 Å². The molecule has 23 heavy (non-hydrogen) atoms. The third-order valence-electron chi connectivity index (χ3n) is 3.57. The van der Waals surface area contributed by atoms with Gasteiger partial charge >= 0.3 is 0 Å². The van der Waals surface area contributed by atoms with E-state index in [9.17, 15) is 0 Å². The van der Waals surface area contributed by atoms with Gasteiger partial charge in [-0.25, -0.2) is 0 Å². The monoisotopic (exact) mass is 504 g/mol. The van der Waals surface area contributed by atoms with Crippen molar-refractivity contribution >= 4 is 47.8 Å². The fraction of sp³-hybridized carbons (Fsp3) is 0.294. The highest BCUT2D eigenvalue weighted by Gasteiger charge is 2.43. The fourth-order valence-corrected chi connectivity index (χ4v) is 3.87. The molecule has 122 valence electrons. The minimum Gasteiger partial charge on any atom is -0.491 e. The van der Waals surface area contributed by atoms with Crippen LogP contribution in [0.3, 0.4) is 0 Å². The van der Waals surface area contributed by atoms with Crippen LogP contribution in [0.2, 0.25) is 0 Å². The molecule has 1 heterocycles. The first-order valence-corrected chi connectivity index (χ1v) is 9.85. The zero-order chi connectivity index (χ0) is 16.3. The Kier molecular flexibility index (Phi) is 5.80. The highest BCUT2D eigenvalue weighted by Crippen LogP contribution is 2.39. The Morgan fingerprint density at radius 2 is 1.83 bits per heavy atom. The molecule has 1 fully saturated rings. The molecule has 0 aromatic heterocycles. The number of rotatable bonds is 5. The van der Waals surface area contributed by atoms with Gasteiger partial charge in [0.1, 0.15) is 18.5 Å². The van der Waals surface area contributed by atoms with E-state index in [0.717, 1.165) is 20.3 Å². The number of ether oxygens (including phenoxy) is 3. The molecule has 3 nitrogen and oxygen atoms in total. The molecule has 1 aliphatic heterocycles. The molecule has 0 aliphatic carbocycles. The van der Waals surface area contributed by atoms with Gasteiger partial charge in [-0.3, -0.25) is 0 Å². The maximum Gasteiger partial charge on any atom is 0.206 e. The highest BCUT2D eigenvalue weighted by molar-refractivity contribution is 9.11. The van der Waals surface area contributed by atoms with E-state index in [0.29, 0.717) is 18.5 Å². The van der Waals surface area contributed by atoms with Gasteiger partial charge in [-0.15, -0.1) is 0 Å². The fourth-order valence-electron chi connectivity index (χ4n) is 2.42. The number of hydrogen-bond donors (Lipinski definition) is 0. The minimum absolute atomic E-state index is 0.122. The van der Waals surface area contributed by atoms with Crippen LogP contribution in [0.1, 0.15) is 5.56 Å². The molecular formula is C17H15Br3O3. The third kappa shape index (κ3) is 3.99. The number of alkyl halides is 1. The maximum atomic E-state index is 6.18. The van der Waals surface area contributed by atoms with Crippen LogP contribution in [0.15, 0.2) is 57.5 Å². The summed E-state index contributed by atoms with van der Waals surface area (Å²) in [6.45, 7) is 0.935. The van der Waals surface area contributed by atoms with Crippen LogP contribution < -0.4 is 4.74 Å². The van der Waals surface area contributed by atoms with Gasteiger partial charge < -0.3 is 14.2 Å². The van der Waals surface area contributed by atoms with Crippen molar-refractivity contribution in [1.82, 2.24) is 0 Å². The van der Waals surface area contributed by atoms with Gasteiger partial charge in [0.2, 0.25) is 5.79 Å². The van der Waals surface area contributed by atoms with E-state index >= 15 is 0 Å². The van der Waals surface area contributed by atoms with Crippen molar-refractivity contribution < 1.29 is 14.2 Å². The van der Waals surface area contributed by atoms with Gasteiger partial charge in [0, 0.05) is 14.5 Å². The van der Waals surface area contributed by atoms with Crippen molar-refractivity contribution in [2.75, 3.05) is 18.5 Å². The Labute approximate surface area is 160 Å². The van der Waals surface area contributed by atoms with Crippen LogP contribution in [0.5, 0.6) is 5.75 Å².